The zero-order valence-electron chi connectivity index (χ0n) is 14.4. The monoisotopic (exact) mass is 355 g/mol. The number of pyridine rings is 1. The maximum atomic E-state index is 12.7. The van der Waals surface area contributed by atoms with E-state index in [2.05, 4.69) is 9.97 Å². The van der Waals surface area contributed by atoms with Crippen LogP contribution in [0.5, 0.6) is 0 Å². The van der Waals surface area contributed by atoms with E-state index in [4.69, 9.17) is 0 Å². The van der Waals surface area contributed by atoms with Crippen molar-refractivity contribution in [2.24, 2.45) is 0 Å². The van der Waals surface area contributed by atoms with Crippen molar-refractivity contribution in [1.29, 1.82) is 0 Å². The molecule has 2 heterocycles. The number of H-pyrrole nitrogens is 1. The third kappa shape index (κ3) is 3.35. The number of aromatic amines is 1. The first-order valence-corrected chi connectivity index (χ1v) is 8.60. The van der Waals surface area contributed by atoms with E-state index in [9.17, 15) is 9.59 Å². The summed E-state index contributed by atoms with van der Waals surface area (Å²) >= 11 is 0. The van der Waals surface area contributed by atoms with Gasteiger partial charge in [0.05, 0.1) is 11.6 Å². The Hall–Kier alpha value is -3.73. The number of aromatic nitrogens is 3. The summed E-state index contributed by atoms with van der Waals surface area (Å²) in [6, 6.07) is 22.7. The van der Waals surface area contributed by atoms with E-state index in [0.717, 1.165) is 11.1 Å². The molecule has 0 atom stereocenters. The number of nitrogens with one attached hydrogen (secondary N) is 1. The quantitative estimate of drug-likeness (QED) is 0.611. The molecule has 0 bridgehead atoms. The van der Waals surface area contributed by atoms with Gasteiger partial charge in [-0.05, 0) is 17.2 Å². The van der Waals surface area contributed by atoms with Crippen LogP contribution in [0.25, 0.3) is 11.1 Å². The van der Waals surface area contributed by atoms with E-state index in [1.165, 1.54) is 0 Å². The standard InChI is InChI=1S/C22H17N3O2/c26-21-19(18-12-7-13-23-14-18)15-25(22(27)24-21)20(16-8-3-1-4-9-16)17-10-5-2-6-11-17/h1-15,20H,(H,24,26,27). The molecule has 4 aromatic rings. The van der Waals surface area contributed by atoms with Gasteiger partial charge in [0, 0.05) is 24.2 Å². The topological polar surface area (TPSA) is 67.8 Å². The summed E-state index contributed by atoms with van der Waals surface area (Å²) in [7, 11) is 0. The molecule has 0 amide bonds. The van der Waals surface area contributed by atoms with Crippen LogP contribution in [0.1, 0.15) is 17.2 Å². The van der Waals surface area contributed by atoms with Gasteiger partial charge in [-0.1, -0.05) is 66.7 Å². The zero-order valence-corrected chi connectivity index (χ0v) is 14.4. The Morgan fingerprint density at radius 1 is 0.815 bits per heavy atom. The molecule has 27 heavy (non-hydrogen) atoms. The molecule has 5 nitrogen and oxygen atoms in total. The van der Waals surface area contributed by atoms with Crippen LogP contribution in [-0.4, -0.2) is 14.5 Å². The van der Waals surface area contributed by atoms with Gasteiger partial charge in [-0.2, -0.15) is 0 Å². The molecule has 0 aliphatic heterocycles. The summed E-state index contributed by atoms with van der Waals surface area (Å²) in [5.41, 5.74) is 2.09. The number of benzene rings is 2. The summed E-state index contributed by atoms with van der Waals surface area (Å²) in [5.74, 6) is 0. The van der Waals surface area contributed by atoms with Gasteiger partial charge in [0.1, 0.15) is 0 Å². The average Bonchev–Trinajstić information content (AvgIpc) is 2.72. The number of nitrogens with zero attached hydrogens (tertiary/aromatic N) is 2. The summed E-state index contributed by atoms with van der Waals surface area (Å²) < 4.78 is 1.56. The summed E-state index contributed by atoms with van der Waals surface area (Å²) in [4.78, 5) is 31.6. The minimum Gasteiger partial charge on any atom is -0.288 e. The average molecular weight is 355 g/mol. The molecule has 1 N–H and O–H groups in total. The highest BCUT2D eigenvalue weighted by molar-refractivity contribution is 5.60. The second kappa shape index (κ2) is 7.25. The first kappa shape index (κ1) is 16.7. The van der Waals surface area contributed by atoms with Gasteiger partial charge in [0.2, 0.25) is 0 Å². The van der Waals surface area contributed by atoms with Crippen LogP contribution in [0.2, 0.25) is 0 Å². The van der Waals surface area contributed by atoms with Crippen LogP contribution in [0.4, 0.5) is 0 Å². The fraction of sp³-hybridized carbons (Fsp3) is 0.0455. The molecule has 4 rings (SSSR count). The predicted molar refractivity (Wildman–Crippen MR) is 105 cm³/mol. The van der Waals surface area contributed by atoms with Gasteiger partial charge in [0.25, 0.3) is 5.56 Å². The molecule has 0 aliphatic rings. The van der Waals surface area contributed by atoms with Crippen molar-refractivity contribution in [3.63, 3.8) is 0 Å². The highest BCUT2D eigenvalue weighted by atomic mass is 16.2. The van der Waals surface area contributed by atoms with Crippen LogP contribution in [0.3, 0.4) is 0 Å². The highest BCUT2D eigenvalue weighted by Gasteiger charge is 2.19. The third-order valence-corrected chi connectivity index (χ3v) is 4.45. The Morgan fingerprint density at radius 3 is 2.00 bits per heavy atom. The lowest BCUT2D eigenvalue weighted by Gasteiger charge is -2.21. The van der Waals surface area contributed by atoms with E-state index in [-0.39, 0.29) is 6.04 Å². The summed E-state index contributed by atoms with van der Waals surface area (Å²) in [5, 5.41) is 0. The lowest BCUT2D eigenvalue weighted by Crippen LogP contribution is -2.33. The molecule has 0 saturated heterocycles. The third-order valence-electron chi connectivity index (χ3n) is 4.45. The molecule has 0 fully saturated rings. The van der Waals surface area contributed by atoms with E-state index >= 15 is 0 Å². The van der Waals surface area contributed by atoms with Crippen LogP contribution >= 0.6 is 0 Å². The minimum atomic E-state index is -0.453. The van der Waals surface area contributed by atoms with Crippen LogP contribution in [0.15, 0.2) is 101 Å². The molecule has 132 valence electrons. The molecule has 0 radical (unpaired) electrons. The van der Waals surface area contributed by atoms with Crippen molar-refractivity contribution in [1.82, 2.24) is 14.5 Å². The fourth-order valence-electron chi connectivity index (χ4n) is 3.19. The van der Waals surface area contributed by atoms with E-state index in [1.54, 1.807) is 35.3 Å². The normalized spacial score (nSPS) is 10.9. The lowest BCUT2D eigenvalue weighted by atomic mass is 9.98. The van der Waals surface area contributed by atoms with Gasteiger partial charge >= 0.3 is 5.69 Å². The second-order valence-corrected chi connectivity index (χ2v) is 6.17. The molecular formula is C22H17N3O2. The molecule has 2 aromatic heterocycles. The Balaban J connectivity index is 1.96. The Kier molecular flexibility index (Phi) is 4.49. The molecule has 0 aliphatic carbocycles. The molecular weight excluding hydrogens is 338 g/mol. The maximum absolute atomic E-state index is 12.7. The Labute approximate surface area is 155 Å². The second-order valence-electron chi connectivity index (χ2n) is 6.17. The number of hydrogen-bond acceptors (Lipinski definition) is 3. The zero-order chi connectivity index (χ0) is 18.6. The van der Waals surface area contributed by atoms with Crippen LogP contribution in [0, 0.1) is 0 Å². The summed E-state index contributed by atoms with van der Waals surface area (Å²) in [6.07, 6.45) is 4.87. The van der Waals surface area contributed by atoms with Crippen molar-refractivity contribution in [2.45, 2.75) is 6.04 Å². The Morgan fingerprint density at radius 2 is 1.44 bits per heavy atom. The SMILES string of the molecule is O=c1[nH]c(=O)n(C(c2ccccc2)c2ccccc2)cc1-c1cccnc1. The van der Waals surface area contributed by atoms with Gasteiger partial charge < -0.3 is 0 Å². The lowest BCUT2D eigenvalue weighted by molar-refractivity contribution is 0.628. The predicted octanol–water partition coefficient (Wildman–Crippen LogP) is 3.24. The van der Waals surface area contributed by atoms with Crippen molar-refractivity contribution < 1.29 is 0 Å². The largest absolute Gasteiger partial charge is 0.329 e. The maximum Gasteiger partial charge on any atom is 0.329 e. The van der Waals surface area contributed by atoms with Crippen molar-refractivity contribution in [3.8, 4) is 11.1 Å². The Bertz CT molecular complexity index is 1110. The molecule has 0 saturated carbocycles. The van der Waals surface area contributed by atoms with E-state index in [1.807, 2.05) is 60.7 Å². The fourth-order valence-corrected chi connectivity index (χ4v) is 3.19. The molecule has 0 spiro atoms. The van der Waals surface area contributed by atoms with Gasteiger partial charge in [-0.25, -0.2) is 4.79 Å². The summed E-state index contributed by atoms with van der Waals surface area (Å²) in [6.45, 7) is 0. The van der Waals surface area contributed by atoms with Crippen molar-refractivity contribution in [3.05, 3.63) is 123 Å². The van der Waals surface area contributed by atoms with Crippen LogP contribution < -0.4 is 11.2 Å². The minimum absolute atomic E-state index is 0.354. The molecule has 5 heteroatoms. The van der Waals surface area contributed by atoms with Gasteiger partial charge in [-0.3, -0.25) is 19.3 Å². The molecule has 0 unspecified atom stereocenters. The van der Waals surface area contributed by atoms with Gasteiger partial charge in [0.15, 0.2) is 0 Å². The van der Waals surface area contributed by atoms with Crippen LogP contribution in [-0.2, 0) is 0 Å². The highest BCUT2D eigenvalue weighted by Crippen LogP contribution is 2.26. The van der Waals surface area contributed by atoms with E-state index in [0.29, 0.717) is 11.1 Å². The first-order valence-electron chi connectivity index (χ1n) is 8.60. The van der Waals surface area contributed by atoms with Crippen molar-refractivity contribution in [2.75, 3.05) is 0 Å². The number of rotatable bonds is 4. The van der Waals surface area contributed by atoms with Gasteiger partial charge in [-0.15, -0.1) is 0 Å². The van der Waals surface area contributed by atoms with Crippen molar-refractivity contribution >= 4 is 0 Å². The van der Waals surface area contributed by atoms with E-state index < -0.39 is 11.2 Å². The first-order chi connectivity index (χ1) is 13.2. The number of hydrogen-bond donors (Lipinski definition) is 1. The molecule has 2 aromatic carbocycles. The smallest absolute Gasteiger partial charge is 0.288 e.